The highest BCUT2D eigenvalue weighted by atomic mass is 16.5. The molecule has 0 radical (unpaired) electrons. The molecule has 12 nitrogen and oxygen atoms in total. The van der Waals surface area contributed by atoms with Crippen LogP contribution in [0.1, 0.15) is 15.9 Å². The van der Waals surface area contributed by atoms with Crippen LogP contribution in [-0.2, 0) is 11.8 Å². The largest absolute Gasteiger partial charge is 0.378 e. The standard InChI is InChI=1S/C30H30N8O4/c1-20-24(4-3-5-26(20)38-11-10-37(30(38)41)23-16-31-19-32-17-23)25-18-35(2)29(40)27(34-25)33-22-8-6-21(7-9-22)28(39)36-12-14-42-15-13-36/h3-9,16-19H,10-15H2,1-2H3,(H,33,34). The van der Waals surface area contributed by atoms with Crippen LogP contribution in [0.15, 0.2) is 72.2 Å². The second-order valence-electron chi connectivity index (χ2n) is 10.1. The van der Waals surface area contributed by atoms with Crippen LogP contribution in [-0.4, -0.2) is 75.8 Å². The minimum atomic E-state index is -0.295. The molecule has 2 aliphatic rings. The van der Waals surface area contributed by atoms with E-state index in [1.54, 1.807) is 64.6 Å². The highest BCUT2D eigenvalue weighted by molar-refractivity contribution is 6.06. The van der Waals surface area contributed by atoms with Crippen molar-refractivity contribution in [3.63, 3.8) is 0 Å². The average Bonchev–Trinajstić information content (AvgIpc) is 3.41. The summed E-state index contributed by atoms with van der Waals surface area (Å²) in [5, 5.41) is 3.12. The third kappa shape index (κ3) is 5.19. The number of anilines is 4. The van der Waals surface area contributed by atoms with Crippen molar-refractivity contribution in [2.24, 2.45) is 7.05 Å². The number of urea groups is 1. The Balaban J connectivity index is 1.25. The van der Waals surface area contributed by atoms with Gasteiger partial charge in [-0.15, -0.1) is 0 Å². The van der Waals surface area contributed by atoms with Crippen molar-refractivity contribution in [1.29, 1.82) is 0 Å². The van der Waals surface area contributed by atoms with Crippen molar-refractivity contribution in [3.05, 3.63) is 88.9 Å². The molecular weight excluding hydrogens is 536 g/mol. The lowest BCUT2D eigenvalue weighted by molar-refractivity contribution is 0.0303. The summed E-state index contributed by atoms with van der Waals surface area (Å²) in [5.41, 5.74) is 4.56. The first-order valence-electron chi connectivity index (χ1n) is 13.7. The van der Waals surface area contributed by atoms with E-state index in [0.29, 0.717) is 62.0 Å². The highest BCUT2D eigenvalue weighted by Crippen LogP contribution is 2.33. The first kappa shape index (κ1) is 27.1. The van der Waals surface area contributed by atoms with Crippen LogP contribution in [0.5, 0.6) is 0 Å². The van der Waals surface area contributed by atoms with Crippen LogP contribution in [0.4, 0.5) is 27.7 Å². The van der Waals surface area contributed by atoms with Gasteiger partial charge in [0.2, 0.25) is 0 Å². The van der Waals surface area contributed by atoms with Gasteiger partial charge in [-0.2, -0.15) is 0 Å². The number of hydrogen-bond acceptors (Lipinski definition) is 8. The van der Waals surface area contributed by atoms with E-state index < -0.39 is 0 Å². The second-order valence-corrected chi connectivity index (χ2v) is 10.1. The zero-order chi connectivity index (χ0) is 29.2. The van der Waals surface area contributed by atoms with E-state index in [9.17, 15) is 14.4 Å². The van der Waals surface area contributed by atoms with Crippen LogP contribution < -0.4 is 20.7 Å². The van der Waals surface area contributed by atoms with Crippen LogP contribution in [0.25, 0.3) is 11.3 Å². The van der Waals surface area contributed by atoms with Gasteiger partial charge in [0.1, 0.15) is 6.33 Å². The Morgan fingerprint density at radius 2 is 1.64 bits per heavy atom. The molecule has 6 rings (SSSR count). The lowest BCUT2D eigenvalue weighted by Gasteiger charge is -2.26. The minimum Gasteiger partial charge on any atom is -0.378 e. The number of aromatic nitrogens is 4. The molecule has 0 aliphatic carbocycles. The van der Waals surface area contributed by atoms with Gasteiger partial charge in [-0.3, -0.25) is 19.4 Å². The maximum atomic E-state index is 13.3. The topological polar surface area (TPSA) is 126 Å². The molecule has 0 atom stereocenters. The summed E-state index contributed by atoms with van der Waals surface area (Å²) in [4.78, 5) is 57.0. The Hall–Kier alpha value is -5.10. The van der Waals surface area contributed by atoms with Gasteiger partial charge in [0.15, 0.2) is 5.82 Å². The Labute approximate surface area is 242 Å². The Morgan fingerprint density at radius 3 is 2.38 bits per heavy atom. The Bertz CT molecular complexity index is 1680. The zero-order valence-corrected chi connectivity index (χ0v) is 23.4. The first-order chi connectivity index (χ1) is 20.4. The highest BCUT2D eigenvalue weighted by Gasteiger charge is 2.32. The molecule has 4 heterocycles. The van der Waals surface area contributed by atoms with Gasteiger partial charge in [0.25, 0.3) is 11.5 Å². The molecule has 2 aromatic heterocycles. The molecular formula is C30H30N8O4. The van der Waals surface area contributed by atoms with Crippen LogP contribution in [0.2, 0.25) is 0 Å². The Kier molecular flexibility index (Phi) is 7.36. The maximum absolute atomic E-state index is 13.3. The lowest BCUT2D eigenvalue weighted by Crippen LogP contribution is -2.40. The summed E-state index contributed by atoms with van der Waals surface area (Å²) < 4.78 is 6.81. The summed E-state index contributed by atoms with van der Waals surface area (Å²) in [6, 6.07) is 12.5. The van der Waals surface area contributed by atoms with E-state index in [-0.39, 0.29) is 23.3 Å². The molecule has 4 aromatic rings. The van der Waals surface area contributed by atoms with Gasteiger partial charge in [0.05, 0.1) is 37.0 Å². The fraction of sp³-hybridized carbons (Fsp3) is 0.267. The number of benzene rings is 2. The molecule has 3 amide bonds. The van der Waals surface area contributed by atoms with Crippen molar-refractivity contribution in [3.8, 4) is 11.3 Å². The monoisotopic (exact) mass is 566 g/mol. The third-order valence-electron chi connectivity index (χ3n) is 7.50. The molecule has 0 bridgehead atoms. The van der Waals surface area contributed by atoms with E-state index in [2.05, 4.69) is 20.3 Å². The lowest BCUT2D eigenvalue weighted by atomic mass is 10.0. The number of ether oxygens (including phenoxy) is 1. The summed E-state index contributed by atoms with van der Waals surface area (Å²) in [5.74, 6) is 0.104. The van der Waals surface area contributed by atoms with Gasteiger partial charge in [-0.25, -0.2) is 19.7 Å². The quantitative estimate of drug-likeness (QED) is 0.377. The van der Waals surface area contributed by atoms with E-state index in [1.807, 2.05) is 25.1 Å². The van der Waals surface area contributed by atoms with Crippen molar-refractivity contribution < 1.29 is 14.3 Å². The number of morpholine rings is 1. The van der Waals surface area contributed by atoms with E-state index >= 15 is 0 Å². The number of hydrogen-bond donors (Lipinski definition) is 1. The minimum absolute atomic E-state index is 0.0482. The van der Waals surface area contributed by atoms with Gasteiger partial charge < -0.3 is 19.5 Å². The van der Waals surface area contributed by atoms with Crippen molar-refractivity contribution >= 4 is 34.8 Å². The average molecular weight is 567 g/mol. The molecule has 2 saturated heterocycles. The summed E-state index contributed by atoms with van der Waals surface area (Å²) in [6.07, 6.45) is 6.36. The predicted molar refractivity (Wildman–Crippen MR) is 158 cm³/mol. The van der Waals surface area contributed by atoms with E-state index in [4.69, 9.17) is 4.74 Å². The molecule has 0 saturated carbocycles. The summed E-state index contributed by atoms with van der Waals surface area (Å²) >= 11 is 0. The number of carbonyl (C=O) groups excluding carboxylic acids is 2. The molecule has 1 N–H and O–H groups in total. The van der Waals surface area contributed by atoms with Gasteiger partial charge >= 0.3 is 6.03 Å². The Morgan fingerprint density at radius 1 is 0.929 bits per heavy atom. The fourth-order valence-electron chi connectivity index (χ4n) is 5.22. The van der Waals surface area contributed by atoms with E-state index in [0.717, 1.165) is 16.8 Å². The molecule has 2 aromatic carbocycles. The molecule has 0 unspecified atom stereocenters. The maximum Gasteiger partial charge on any atom is 0.329 e. The molecule has 42 heavy (non-hydrogen) atoms. The summed E-state index contributed by atoms with van der Waals surface area (Å²) in [7, 11) is 1.67. The molecule has 2 fully saturated rings. The number of rotatable bonds is 6. The SMILES string of the molecule is Cc1c(-c2cn(C)c(=O)c(Nc3ccc(C(=O)N4CCOCC4)cc3)n2)cccc1N1CCN(c2cncnc2)C1=O. The molecule has 2 aliphatic heterocycles. The zero-order valence-electron chi connectivity index (χ0n) is 23.4. The van der Waals surface area contributed by atoms with Gasteiger partial charge in [-0.05, 0) is 42.8 Å². The molecule has 0 spiro atoms. The van der Waals surface area contributed by atoms with Gasteiger partial charge in [0, 0.05) is 61.9 Å². The number of aryl methyl sites for hydroxylation is 1. The molecule has 214 valence electrons. The molecule has 12 heteroatoms. The number of nitrogens with one attached hydrogen (secondary N) is 1. The smallest absolute Gasteiger partial charge is 0.329 e. The van der Waals surface area contributed by atoms with Crippen molar-refractivity contribution in [2.75, 3.05) is 54.5 Å². The van der Waals surface area contributed by atoms with Crippen molar-refractivity contribution in [2.45, 2.75) is 6.92 Å². The second kappa shape index (κ2) is 11.4. The van der Waals surface area contributed by atoms with Crippen LogP contribution >= 0.6 is 0 Å². The fourth-order valence-corrected chi connectivity index (χ4v) is 5.22. The normalized spacial score (nSPS) is 15.3. The number of nitrogens with zero attached hydrogens (tertiary/aromatic N) is 7. The predicted octanol–water partition coefficient (Wildman–Crippen LogP) is 3.21. The van der Waals surface area contributed by atoms with Crippen LogP contribution in [0, 0.1) is 6.92 Å². The van der Waals surface area contributed by atoms with Gasteiger partial charge in [-0.1, -0.05) is 12.1 Å². The van der Waals surface area contributed by atoms with E-state index in [1.165, 1.54) is 10.9 Å². The summed E-state index contributed by atoms with van der Waals surface area (Å²) in [6.45, 7) is 5.17. The van der Waals surface area contributed by atoms with Crippen LogP contribution in [0.3, 0.4) is 0 Å². The number of carbonyl (C=O) groups is 2. The number of amides is 3. The van der Waals surface area contributed by atoms with Crippen molar-refractivity contribution in [1.82, 2.24) is 24.4 Å². The first-order valence-corrected chi connectivity index (χ1v) is 13.7. The third-order valence-corrected chi connectivity index (χ3v) is 7.50.